The number of benzene rings is 2. The van der Waals surface area contributed by atoms with Crippen molar-refractivity contribution in [1.82, 2.24) is 5.32 Å². The van der Waals surface area contributed by atoms with Gasteiger partial charge in [0.05, 0.1) is 12.5 Å². The minimum atomic E-state index is -1.03. The lowest BCUT2D eigenvalue weighted by Gasteiger charge is -2.19. The van der Waals surface area contributed by atoms with E-state index < -0.39 is 29.8 Å². The molecule has 2 aromatic carbocycles. The Hall–Kier alpha value is -2.11. The van der Waals surface area contributed by atoms with E-state index in [-0.39, 0.29) is 12.0 Å². The Morgan fingerprint density at radius 2 is 1.85 bits per heavy atom. The lowest BCUT2D eigenvalue weighted by molar-refractivity contribution is -0.154. The highest BCUT2D eigenvalue weighted by atomic mass is 35.5. The van der Waals surface area contributed by atoms with Crippen molar-refractivity contribution < 1.29 is 18.7 Å². The summed E-state index contributed by atoms with van der Waals surface area (Å²) < 4.78 is 18.6. The molecule has 0 aliphatic heterocycles. The Morgan fingerprint density at radius 3 is 2.50 bits per heavy atom. The number of carbonyl (C=O) groups excluding carboxylic acids is 2. The van der Waals surface area contributed by atoms with Crippen molar-refractivity contribution in [1.29, 1.82) is 0 Å². The molecule has 0 aliphatic carbocycles. The van der Waals surface area contributed by atoms with Gasteiger partial charge in [-0.1, -0.05) is 47.5 Å². The molecule has 0 heterocycles. The molecule has 0 aromatic heterocycles. The van der Waals surface area contributed by atoms with Gasteiger partial charge in [-0.2, -0.15) is 0 Å². The van der Waals surface area contributed by atoms with Gasteiger partial charge in [-0.15, -0.1) is 0 Å². The Balaban J connectivity index is 1.92. The van der Waals surface area contributed by atoms with Crippen LogP contribution in [0.4, 0.5) is 4.39 Å². The van der Waals surface area contributed by atoms with Gasteiger partial charge in [0.15, 0.2) is 6.10 Å². The van der Waals surface area contributed by atoms with Crippen molar-refractivity contribution >= 4 is 35.1 Å². The summed E-state index contributed by atoms with van der Waals surface area (Å²) in [6, 6.07) is 10.5. The summed E-state index contributed by atoms with van der Waals surface area (Å²) in [5, 5.41) is 3.64. The number of carbonyl (C=O) groups is 2. The first-order valence-electron chi connectivity index (χ1n) is 7.96. The second kappa shape index (κ2) is 9.01. The fourth-order valence-electron chi connectivity index (χ4n) is 2.35. The number of hydrogen-bond donors (Lipinski definition) is 1. The molecule has 7 heteroatoms. The van der Waals surface area contributed by atoms with E-state index in [0.717, 1.165) is 0 Å². The smallest absolute Gasteiger partial charge is 0.311 e. The lowest BCUT2D eigenvalue weighted by atomic mass is 10.1. The van der Waals surface area contributed by atoms with E-state index in [9.17, 15) is 14.0 Å². The zero-order valence-corrected chi connectivity index (χ0v) is 15.8. The predicted molar refractivity (Wildman–Crippen MR) is 98.7 cm³/mol. The molecule has 0 radical (unpaired) electrons. The van der Waals surface area contributed by atoms with Crippen LogP contribution >= 0.6 is 23.2 Å². The maximum Gasteiger partial charge on any atom is 0.311 e. The summed E-state index contributed by atoms with van der Waals surface area (Å²) >= 11 is 12.0. The number of nitrogens with one attached hydrogen (secondary N) is 1. The molecular formula is C19H18Cl2FNO3. The van der Waals surface area contributed by atoms with Crippen LogP contribution in [-0.2, 0) is 20.7 Å². The van der Waals surface area contributed by atoms with E-state index in [2.05, 4.69) is 5.32 Å². The van der Waals surface area contributed by atoms with Gasteiger partial charge < -0.3 is 10.1 Å². The van der Waals surface area contributed by atoms with Crippen LogP contribution < -0.4 is 5.32 Å². The normalized spacial score (nSPS) is 13.0. The van der Waals surface area contributed by atoms with Crippen molar-refractivity contribution in [2.45, 2.75) is 32.4 Å². The van der Waals surface area contributed by atoms with Crippen LogP contribution in [0, 0.1) is 5.82 Å². The van der Waals surface area contributed by atoms with Crippen LogP contribution in [0.5, 0.6) is 0 Å². The Kier molecular flexibility index (Phi) is 7.00. The van der Waals surface area contributed by atoms with Crippen LogP contribution in [0.15, 0.2) is 42.5 Å². The van der Waals surface area contributed by atoms with E-state index in [1.165, 1.54) is 25.1 Å². The van der Waals surface area contributed by atoms with Crippen LogP contribution in [0.2, 0.25) is 10.0 Å². The lowest BCUT2D eigenvalue weighted by Crippen LogP contribution is -2.37. The van der Waals surface area contributed by atoms with Gasteiger partial charge in [-0.25, -0.2) is 4.39 Å². The minimum Gasteiger partial charge on any atom is -0.452 e. The first-order chi connectivity index (χ1) is 12.3. The molecule has 0 saturated carbocycles. The number of esters is 1. The predicted octanol–water partition coefficient (Wildman–Crippen LogP) is 4.48. The van der Waals surface area contributed by atoms with Crippen LogP contribution in [-0.4, -0.2) is 18.0 Å². The Bertz CT molecular complexity index is 813. The summed E-state index contributed by atoms with van der Waals surface area (Å²) in [6.45, 7) is 3.20. The average molecular weight is 398 g/mol. The summed E-state index contributed by atoms with van der Waals surface area (Å²) in [7, 11) is 0. The van der Waals surface area contributed by atoms with E-state index in [0.29, 0.717) is 15.6 Å². The molecule has 2 atom stereocenters. The SMILES string of the molecule is C[C@H](NC(=O)[C@@H](C)OC(=O)Cc1ccccc1F)c1ccc(Cl)cc1Cl. The number of halogens is 3. The van der Waals surface area contributed by atoms with E-state index in [1.807, 2.05) is 0 Å². The molecule has 0 aliphatic rings. The van der Waals surface area contributed by atoms with Crippen LogP contribution in [0.25, 0.3) is 0 Å². The van der Waals surface area contributed by atoms with Gasteiger partial charge in [0.1, 0.15) is 5.82 Å². The third-order valence-corrected chi connectivity index (χ3v) is 4.32. The number of hydrogen-bond acceptors (Lipinski definition) is 3. The highest BCUT2D eigenvalue weighted by Crippen LogP contribution is 2.26. The molecule has 26 heavy (non-hydrogen) atoms. The number of rotatable bonds is 6. The molecule has 0 bridgehead atoms. The minimum absolute atomic E-state index is 0.214. The third-order valence-electron chi connectivity index (χ3n) is 3.76. The van der Waals surface area contributed by atoms with Gasteiger partial charge in [-0.3, -0.25) is 9.59 Å². The fraction of sp³-hybridized carbons (Fsp3) is 0.263. The molecule has 0 unspecified atom stereocenters. The molecule has 2 rings (SSSR count). The maximum absolute atomic E-state index is 13.6. The standard InChI is InChI=1S/C19H18Cl2FNO3/c1-11(15-8-7-14(20)10-16(15)21)23-19(25)12(2)26-18(24)9-13-5-3-4-6-17(13)22/h3-8,10-12H,9H2,1-2H3,(H,23,25)/t11-,12+/m0/s1. The maximum atomic E-state index is 13.6. The largest absolute Gasteiger partial charge is 0.452 e. The molecule has 0 spiro atoms. The van der Waals surface area contributed by atoms with Crippen molar-refractivity contribution in [3.63, 3.8) is 0 Å². The Labute approximate surface area is 161 Å². The monoisotopic (exact) mass is 397 g/mol. The van der Waals surface area contributed by atoms with Gasteiger partial charge in [-0.05, 0) is 43.2 Å². The molecule has 0 fully saturated rings. The molecule has 0 saturated heterocycles. The van der Waals surface area contributed by atoms with Gasteiger partial charge in [0.2, 0.25) is 0 Å². The van der Waals surface area contributed by atoms with Crippen LogP contribution in [0.3, 0.4) is 0 Å². The molecular weight excluding hydrogens is 380 g/mol. The van der Waals surface area contributed by atoms with Gasteiger partial charge in [0, 0.05) is 10.0 Å². The third kappa shape index (κ3) is 5.44. The highest BCUT2D eigenvalue weighted by Gasteiger charge is 2.21. The molecule has 4 nitrogen and oxygen atoms in total. The molecule has 1 amide bonds. The van der Waals surface area contributed by atoms with Crippen molar-refractivity contribution in [3.05, 3.63) is 69.5 Å². The number of ether oxygens (including phenoxy) is 1. The van der Waals surface area contributed by atoms with Gasteiger partial charge in [0.25, 0.3) is 5.91 Å². The van der Waals surface area contributed by atoms with Gasteiger partial charge >= 0.3 is 5.97 Å². The zero-order chi connectivity index (χ0) is 19.3. The summed E-state index contributed by atoms with van der Waals surface area (Å²) in [5.41, 5.74) is 0.903. The first-order valence-corrected chi connectivity index (χ1v) is 8.71. The van der Waals surface area contributed by atoms with E-state index in [4.69, 9.17) is 27.9 Å². The second-order valence-corrected chi connectivity index (χ2v) is 6.64. The van der Waals surface area contributed by atoms with Crippen molar-refractivity contribution in [3.8, 4) is 0 Å². The molecule has 2 aromatic rings. The average Bonchev–Trinajstić information content (AvgIpc) is 2.56. The Morgan fingerprint density at radius 1 is 1.15 bits per heavy atom. The zero-order valence-electron chi connectivity index (χ0n) is 14.3. The molecule has 1 N–H and O–H groups in total. The highest BCUT2D eigenvalue weighted by molar-refractivity contribution is 6.35. The van der Waals surface area contributed by atoms with Crippen LogP contribution in [0.1, 0.15) is 31.0 Å². The first kappa shape index (κ1) is 20.2. The van der Waals surface area contributed by atoms with E-state index >= 15 is 0 Å². The topological polar surface area (TPSA) is 55.4 Å². The van der Waals surface area contributed by atoms with E-state index in [1.54, 1.807) is 31.2 Å². The summed E-state index contributed by atoms with van der Waals surface area (Å²) in [6.07, 6.45) is -1.27. The summed E-state index contributed by atoms with van der Waals surface area (Å²) in [5.74, 6) is -1.66. The molecule has 138 valence electrons. The fourth-order valence-corrected chi connectivity index (χ4v) is 2.92. The number of amides is 1. The van der Waals surface area contributed by atoms with Crippen molar-refractivity contribution in [2.75, 3.05) is 0 Å². The van der Waals surface area contributed by atoms with Crippen molar-refractivity contribution in [2.24, 2.45) is 0 Å². The quantitative estimate of drug-likeness (QED) is 0.730. The summed E-state index contributed by atoms with van der Waals surface area (Å²) in [4.78, 5) is 24.2. The second-order valence-electron chi connectivity index (χ2n) is 5.80.